The third-order valence-corrected chi connectivity index (χ3v) is 3.31. The molecule has 6 heteroatoms. The van der Waals surface area contributed by atoms with E-state index in [2.05, 4.69) is 21.2 Å². The molecule has 4 nitrogen and oxygen atoms in total. The molecular weight excluding hydrogens is 303 g/mol. The fourth-order valence-corrected chi connectivity index (χ4v) is 2.28. The number of halogens is 2. The van der Waals surface area contributed by atoms with Gasteiger partial charge in [-0.3, -0.25) is 14.5 Å². The lowest BCUT2D eigenvalue weighted by Gasteiger charge is -2.14. The zero-order chi connectivity index (χ0) is 13.3. The van der Waals surface area contributed by atoms with Gasteiger partial charge < -0.3 is 5.32 Å². The lowest BCUT2D eigenvalue weighted by atomic mass is 10.2. The smallest absolute Gasteiger partial charge is 0.252 e. The van der Waals surface area contributed by atoms with Crippen LogP contribution in [0.25, 0.3) is 0 Å². The topological polar surface area (TPSA) is 49.4 Å². The van der Waals surface area contributed by atoms with Crippen LogP contribution in [0.1, 0.15) is 13.3 Å². The van der Waals surface area contributed by atoms with E-state index in [0.717, 1.165) is 0 Å². The Morgan fingerprint density at radius 2 is 2.22 bits per heavy atom. The Morgan fingerprint density at radius 1 is 1.50 bits per heavy atom. The average Bonchev–Trinajstić information content (AvgIpc) is 2.59. The third-order valence-electron chi connectivity index (χ3n) is 2.82. The van der Waals surface area contributed by atoms with Gasteiger partial charge in [0.2, 0.25) is 5.91 Å². The fourth-order valence-electron chi connectivity index (χ4n) is 1.92. The van der Waals surface area contributed by atoms with Gasteiger partial charge in [-0.2, -0.15) is 0 Å². The highest BCUT2D eigenvalue weighted by atomic mass is 79.9. The van der Waals surface area contributed by atoms with Crippen molar-refractivity contribution in [1.29, 1.82) is 0 Å². The maximum Gasteiger partial charge on any atom is 0.252 e. The van der Waals surface area contributed by atoms with Crippen LogP contribution in [0.4, 0.5) is 10.1 Å². The summed E-state index contributed by atoms with van der Waals surface area (Å²) in [5.41, 5.74) is 0.216. The summed E-state index contributed by atoms with van der Waals surface area (Å²) in [5.74, 6) is -0.981. The van der Waals surface area contributed by atoms with Crippen molar-refractivity contribution >= 4 is 33.4 Å². The molecule has 96 valence electrons. The first kappa shape index (κ1) is 13.0. The van der Waals surface area contributed by atoms with Crippen molar-refractivity contribution in [1.82, 2.24) is 4.90 Å². The van der Waals surface area contributed by atoms with Crippen molar-refractivity contribution < 1.29 is 14.0 Å². The number of carbonyl (C=O) groups is 2. The van der Waals surface area contributed by atoms with Crippen molar-refractivity contribution in [3.63, 3.8) is 0 Å². The van der Waals surface area contributed by atoms with Crippen molar-refractivity contribution in [3.8, 4) is 0 Å². The van der Waals surface area contributed by atoms with Crippen LogP contribution < -0.4 is 5.32 Å². The van der Waals surface area contributed by atoms with Crippen molar-refractivity contribution in [2.24, 2.45) is 0 Å². The summed E-state index contributed by atoms with van der Waals surface area (Å²) >= 11 is 3.23. The lowest BCUT2D eigenvalue weighted by Crippen LogP contribution is -2.34. The third kappa shape index (κ3) is 2.38. The summed E-state index contributed by atoms with van der Waals surface area (Å²) in [7, 11) is 0. The molecule has 0 spiro atoms. The summed E-state index contributed by atoms with van der Waals surface area (Å²) in [6.45, 7) is 2.08. The lowest BCUT2D eigenvalue weighted by molar-refractivity contribution is -0.138. The van der Waals surface area contributed by atoms with Crippen molar-refractivity contribution in [2.75, 3.05) is 11.9 Å². The highest BCUT2D eigenvalue weighted by molar-refractivity contribution is 9.10. The fraction of sp³-hybridized carbons (Fsp3) is 0.333. The average molecular weight is 315 g/mol. The molecule has 2 amide bonds. The molecule has 1 saturated heterocycles. The summed E-state index contributed by atoms with van der Waals surface area (Å²) in [4.78, 5) is 24.6. The molecule has 1 heterocycles. The molecule has 1 atom stereocenters. The second-order valence-electron chi connectivity index (χ2n) is 4.00. The summed E-state index contributed by atoms with van der Waals surface area (Å²) < 4.78 is 14.2. The van der Waals surface area contributed by atoms with Gasteiger partial charge in [0.05, 0.1) is 12.1 Å². The van der Waals surface area contributed by atoms with Gasteiger partial charge in [-0.05, 0) is 25.1 Å². The summed E-state index contributed by atoms with van der Waals surface area (Å²) in [6, 6.07) is 3.73. The van der Waals surface area contributed by atoms with E-state index in [1.165, 1.54) is 11.0 Å². The predicted molar refractivity (Wildman–Crippen MR) is 68.5 cm³/mol. The highest BCUT2D eigenvalue weighted by Crippen LogP contribution is 2.23. The number of nitrogens with zero attached hydrogens (tertiary/aromatic N) is 1. The van der Waals surface area contributed by atoms with Crippen LogP contribution in [0.15, 0.2) is 22.7 Å². The van der Waals surface area contributed by atoms with Gasteiger partial charge >= 0.3 is 0 Å². The molecule has 0 saturated carbocycles. The van der Waals surface area contributed by atoms with Gasteiger partial charge in [0.15, 0.2) is 0 Å². The number of anilines is 1. The summed E-state index contributed by atoms with van der Waals surface area (Å²) in [5, 5.41) is 2.78. The number of benzene rings is 1. The van der Waals surface area contributed by atoms with Crippen LogP contribution in [-0.4, -0.2) is 29.3 Å². The minimum atomic E-state index is -0.679. The molecular formula is C12H12BrFN2O2. The predicted octanol–water partition coefficient (Wildman–Crippen LogP) is 2.15. The Bertz CT molecular complexity index is 507. The van der Waals surface area contributed by atoms with Crippen molar-refractivity contribution in [2.45, 2.75) is 19.4 Å². The Morgan fingerprint density at radius 3 is 2.83 bits per heavy atom. The van der Waals surface area contributed by atoms with Crippen LogP contribution >= 0.6 is 15.9 Å². The number of likely N-dealkylation sites (N-methyl/N-ethyl adjacent to an activating group) is 1. The minimum absolute atomic E-state index is 0.0681. The first-order valence-corrected chi connectivity index (χ1v) is 6.38. The molecule has 1 aromatic rings. The Kier molecular flexibility index (Phi) is 3.65. The van der Waals surface area contributed by atoms with Gasteiger partial charge in [-0.15, -0.1) is 0 Å². The summed E-state index contributed by atoms with van der Waals surface area (Å²) in [6.07, 6.45) is 0.0681. The molecule has 0 radical (unpaired) electrons. The van der Waals surface area contributed by atoms with E-state index in [4.69, 9.17) is 0 Å². The van der Waals surface area contributed by atoms with Crippen LogP contribution in [0.5, 0.6) is 0 Å². The molecule has 2 rings (SSSR count). The van der Waals surface area contributed by atoms with Crippen LogP contribution in [0, 0.1) is 5.82 Å². The minimum Gasteiger partial charge on any atom is -0.371 e. The number of carbonyl (C=O) groups excluding carboxylic acids is 2. The van der Waals surface area contributed by atoms with E-state index in [1.54, 1.807) is 19.1 Å². The molecule has 1 fully saturated rings. The molecule has 1 aromatic carbocycles. The number of hydrogen-bond acceptors (Lipinski definition) is 3. The van der Waals surface area contributed by atoms with Crippen LogP contribution in [0.2, 0.25) is 0 Å². The van der Waals surface area contributed by atoms with Crippen molar-refractivity contribution in [3.05, 3.63) is 28.5 Å². The van der Waals surface area contributed by atoms with Gasteiger partial charge in [0.1, 0.15) is 11.9 Å². The zero-order valence-electron chi connectivity index (χ0n) is 9.74. The van der Waals surface area contributed by atoms with E-state index in [1.807, 2.05) is 0 Å². The van der Waals surface area contributed by atoms with E-state index >= 15 is 0 Å². The number of nitrogens with one attached hydrogen (secondary N) is 1. The molecule has 1 unspecified atom stereocenters. The number of likely N-dealkylation sites (tertiary alicyclic amines) is 1. The number of amides is 2. The molecule has 1 N–H and O–H groups in total. The molecule has 18 heavy (non-hydrogen) atoms. The monoisotopic (exact) mass is 314 g/mol. The van der Waals surface area contributed by atoms with Gasteiger partial charge in [-0.1, -0.05) is 15.9 Å². The van der Waals surface area contributed by atoms with E-state index in [-0.39, 0.29) is 23.9 Å². The highest BCUT2D eigenvalue weighted by Gasteiger charge is 2.37. The number of imide groups is 1. The van der Waals surface area contributed by atoms with Gasteiger partial charge in [0.25, 0.3) is 5.91 Å². The maximum absolute atomic E-state index is 13.5. The van der Waals surface area contributed by atoms with E-state index < -0.39 is 11.9 Å². The SMILES string of the molecule is CCN1C(=O)CC(Nc2cc(Br)ccc2F)C1=O. The largest absolute Gasteiger partial charge is 0.371 e. The quantitative estimate of drug-likeness (QED) is 0.870. The van der Waals surface area contributed by atoms with E-state index in [9.17, 15) is 14.0 Å². The maximum atomic E-state index is 13.5. The first-order valence-electron chi connectivity index (χ1n) is 5.58. The molecule has 0 bridgehead atoms. The Balaban J connectivity index is 2.18. The zero-order valence-corrected chi connectivity index (χ0v) is 11.3. The Labute approximate surface area is 112 Å². The molecule has 1 aliphatic heterocycles. The molecule has 0 aromatic heterocycles. The van der Waals surface area contributed by atoms with E-state index in [0.29, 0.717) is 11.0 Å². The Hall–Kier alpha value is -1.43. The second kappa shape index (κ2) is 5.06. The molecule has 1 aliphatic rings. The standard InChI is InChI=1S/C12H12BrFN2O2/c1-2-16-11(17)6-10(12(16)18)15-9-5-7(13)3-4-8(9)14/h3-5,10,15H,2,6H2,1H3. The van der Waals surface area contributed by atoms with Gasteiger partial charge in [0, 0.05) is 11.0 Å². The van der Waals surface area contributed by atoms with Crippen LogP contribution in [-0.2, 0) is 9.59 Å². The first-order chi connectivity index (χ1) is 8.52. The normalized spacial score (nSPS) is 19.5. The van der Waals surface area contributed by atoms with Crippen LogP contribution in [0.3, 0.4) is 0 Å². The number of hydrogen-bond donors (Lipinski definition) is 1. The molecule has 0 aliphatic carbocycles. The number of rotatable bonds is 3. The van der Waals surface area contributed by atoms with Gasteiger partial charge in [-0.25, -0.2) is 4.39 Å². The second-order valence-corrected chi connectivity index (χ2v) is 4.92.